The van der Waals surface area contributed by atoms with E-state index in [9.17, 15) is 5.21 Å². The molecule has 0 rings (SSSR count). The summed E-state index contributed by atoms with van der Waals surface area (Å²) < 4.78 is 0. The lowest BCUT2D eigenvalue weighted by Gasteiger charge is -2.14. The quantitative estimate of drug-likeness (QED) is 0.527. The van der Waals surface area contributed by atoms with Gasteiger partial charge in [0.25, 0.3) is 0 Å². The Morgan fingerprint density at radius 1 is 1.62 bits per heavy atom. The van der Waals surface area contributed by atoms with Gasteiger partial charge < -0.3 is 10.3 Å². The Morgan fingerprint density at radius 3 is 2.62 bits per heavy atom. The first-order valence-electron chi connectivity index (χ1n) is 2.96. The Balaban J connectivity index is 3.17. The molecule has 0 radical (unpaired) electrons. The van der Waals surface area contributed by atoms with Gasteiger partial charge >= 0.3 is 0 Å². The number of allylic oxidation sites excluding steroid dienone is 1. The van der Waals surface area contributed by atoms with Crippen LogP contribution in [0, 0.1) is 5.21 Å². The highest BCUT2D eigenvalue weighted by Gasteiger charge is 1.83. The van der Waals surface area contributed by atoms with Crippen LogP contribution >= 0.6 is 0 Å². The lowest BCUT2D eigenvalue weighted by molar-refractivity contribution is -0.791. The average Bonchev–Trinajstić information content (AvgIpc) is 1.68. The van der Waals surface area contributed by atoms with Crippen molar-refractivity contribution in [3.8, 4) is 0 Å². The standard InChI is InChI=1S/C6H13NO/c1-3-5-7(8)6-4-2/h3,5,7H,4,6H2,1-2H3/b5-3+. The highest BCUT2D eigenvalue weighted by atomic mass is 16.5. The number of hydrogen-bond acceptors (Lipinski definition) is 1. The van der Waals surface area contributed by atoms with Gasteiger partial charge in [-0.2, -0.15) is 0 Å². The number of nitrogens with one attached hydrogen (secondary N) is 1. The van der Waals surface area contributed by atoms with Gasteiger partial charge in [-0.1, -0.05) is 6.92 Å². The van der Waals surface area contributed by atoms with Gasteiger partial charge in [0.1, 0.15) is 0 Å². The summed E-state index contributed by atoms with van der Waals surface area (Å²) in [4.78, 5) is 0. The second kappa shape index (κ2) is 4.81. The van der Waals surface area contributed by atoms with Crippen molar-refractivity contribution in [1.82, 2.24) is 0 Å². The number of hydrogen-bond donors (Lipinski definition) is 1. The van der Waals surface area contributed by atoms with Crippen molar-refractivity contribution in [2.24, 2.45) is 0 Å². The number of rotatable bonds is 3. The first-order valence-corrected chi connectivity index (χ1v) is 2.96. The molecule has 0 bridgehead atoms. The van der Waals surface area contributed by atoms with Crippen LogP contribution in [0.1, 0.15) is 20.3 Å². The molecule has 0 aliphatic heterocycles. The van der Waals surface area contributed by atoms with Crippen molar-refractivity contribution in [2.75, 3.05) is 6.54 Å². The summed E-state index contributed by atoms with van der Waals surface area (Å²) in [5.41, 5.74) is 0. The molecule has 0 aliphatic carbocycles. The minimum Gasteiger partial charge on any atom is -0.629 e. The molecular weight excluding hydrogens is 102 g/mol. The fourth-order valence-corrected chi connectivity index (χ4v) is 0.516. The molecular formula is C6H13NO. The Bertz CT molecular complexity index is 70.9. The molecule has 0 spiro atoms. The van der Waals surface area contributed by atoms with Gasteiger partial charge in [-0.3, -0.25) is 0 Å². The lowest BCUT2D eigenvalue weighted by atomic mass is 10.5. The van der Waals surface area contributed by atoms with Crippen molar-refractivity contribution in [2.45, 2.75) is 20.3 Å². The molecule has 0 saturated heterocycles. The van der Waals surface area contributed by atoms with E-state index in [1.165, 1.54) is 0 Å². The third-order valence-electron chi connectivity index (χ3n) is 0.849. The topological polar surface area (TPSA) is 27.5 Å². The van der Waals surface area contributed by atoms with Crippen LogP contribution in [0.4, 0.5) is 0 Å². The fourth-order valence-electron chi connectivity index (χ4n) is 0.516. The molecule has 8 heavy (non-hydrogen) atoms. The van der Waals surface area contributed by atoms with Crippen LogP contribution in [0.25, 0.3) is 0 Å². The molecule has 0 heterocycles. The maximum atomic E-state index is 10.6. The van der Waals surface area contributed by atoms with Crippen LogP contribution in [0.15, 0.2) is 12.3 Å². The van der Waals surface area contributed by atoms with E-state index < -0.39 is 0 Å². The van der Waals surface area contributed by atoms with Crippen molar-refractivity contribution in [3.63, 3.8) is 0 Å². The van der Waals surface area contributed by atoms with Crippen LogP contribution in [0.5, 0.6) is 0 Å². The van der Waals surface area contributed by atoms with Gasteiger partial charge in [0, 0.05) is 0 Å². The van der Waals surface area contributed by atoms with Gasteiger partial charge in [0.2, 0.25) is 0 Å². The Labute approximate surface area is 50.4 Å². The first kappa shape index (κ1) is 7.66. The SMILES string of the molecule is C/C=C/[NH+]([O-])CCC. The monoisotopic (exact) mass is 115 g/mol. The lowest BCUT2D eigenvalue weighted by Crippen LogP contribution is -3.02. The van der Waals surface area contributed by atoms with Crippen LogP contribution in [0.3, 0.4) is 0 Å². The third-order valence-corrected chi connectivity index (χ3v) is 0.849. The van der Waals surface area contributed by atoms with E-state index in [-0.39, 0.29) is 5.06 Å². The van der Waals surface area contributed by atoms with Crippen LogP contribution in [-0.2, 0) is 0 Å². The van der Waals surface area contributed by atoms with E-state index >= 15 is 0 Å². The van der Waals surface area contributed by atoms with Gasteiger partial charge in [-0.25, -0.2) is 0 Å². The van der Waals surface area contributed by atoms with Gasteiger partial charge in [-0.15, -0.1) is 0 Å². The van der Waals surface area contributed by atoms with Crippen molar-refractivity contribution < 1.29 is 5.06 Å². The number of hydroxylamine groups is 2. The van der Waals surface area contributed by atoms with E-state index in [1.807, 2.05) is 13.8 Å². The second-order valence-corrected chi connectivity index (χ2v) is 1.72. The van der Waals surface area contributed by atoms with Gasteiger partial charge in [-0.05, 0) is 19.4 Å². The van der Waals surface area contributed by atoms with Crippen LogP contribution in [0.2, 0.25) is 0 Å². The zero-order valence-electron chi connectivity index (χ0n) is 5.48. The smallest absolute Gasteiger partial charge is 0.0898 e. The molecule has 1 unspecified atom stereocenters. The van der Waals surface area contributed by atoms with Crippen molar-refractivity contribution in [1.29, 1.82) is 0 Å². The maximum absolute atomic E-state index is 10.6. The zero-order chi connectivity index (χ0) is 6.41. The Morgan fingerprint density at radius 2 is 2.25 bits per heavy atom. The molecule has 1 N–H and O–H groups in total. The summed E-state index contributed by atoms with van der Waals surface area (Å²) in [7, 11) is 0. The molecule has 0 saturated carbocycles. The van der Waals surface area contributed by atoms with E-state index in [1.54, 1.807) is 12.3 Å². The van der Waals surface area contributed by atoms with Gasteiger partial charge in [0.05, 0.1) is 12.7 Å². The zero-order valence-corrected chi connectivity index (χ0v) is 5.48. The predicted octanol–water partition coefficient (Wildman–Crippen LogP) is 0.313. The largest absolute Gasteiger partial charge is 0.629 e. The molecule has 2 nitrogen and oxygen atoms in total. The van der Waals surface area contributed by atoms with Crippen LogP contribution in [-0.4, -0.2) is 6.54 Å². The highest BCUT2D eigenvalue weighted by Crippen LogP contribution is 1.63. The molecule has 0 aromatic carbocycles. The van der Waals surface area contributed by atoms with Crippen molar-refractivity contribution >= 4 is 0 Å². The van der Waals surface area contributed by atoms with E-state index in [2.05, 4.69) is 0 Å². The summed E-state index contributed by atoms with van der Waals surface area (Å²) in [5, 5.41) is 10.8. The normalized spacial score (nSPS) is 14.9. The Hall–Kier alpha value is -0.340. The Kier molecular flexibility index (Phi) is 4.61. The summed E-state index contributed by atoms with van der Waals surface area (Å²) in [5.74, 6) is 0. The number of quaternary nitrogens is 1. The highest BCUT2D eigenvalue weighted by molar-refractivity contribution is 4.63. The predicted molar refractivity (Wildman–Crippen MR) is 34.3 cm³/mol. The van der Waals surface area contributed by atoms with Crippen LogP contribution < -0.4 is 5.06 Å². The summed E-state index contributed by atoms with van der Waals surface area (Å²) in [6.45, 7) is 4.54. The summed E-state index contributed by atoms with van der Waals surface area (Å²) in [6, 6.07) is 0. The second-order valence-electron chi connectivity index (χ2n) is 1.72. The van der Waals surface area contributed by atoms with E-state index in [0.29, 0.717) is 6.54 Å². The maximum Gasteiger partial charge on any atom is 0.0898 e. The minimum atomic E-state index is 0.231. The summed E-state index contributed by atoms with van der Waals surface area (Å²) >= 11 is 0. The van der Waals surface area contributed by atoms with Crippen molar-refractivity contribution in [3.05, 3.63) is 17.5 Å². The average molecular weight is 115 g/mol. The molecule has 2 heteroatoms. The molecule has 0 aromatic heterocycles. The van der Waals surface area contributed by atoms with Gasteiger partial charge in [0.15, 0.2) is 0 Å². The molecule has 0 aliphatic rings. The summed E-state index contributed by atoms with van der Waals surface area (Å²) in [6.07, 6.45) is 4.34. The first-order chi connectivity index (χ1) is 3.81. The molecule has 1 atom stereocenters. The fraction of sp³-hybridized carbons (Fsp3) is 0.667. The molecule has 0 aromatic rings. The van der Waals surface area contributed by atoms with E-state index in [4.69, 9.17) is 0 Å². The molecule has 0 fully saturated rings. The molecule has 48 valence electrons. The minimum absolute atomic E-state index is 0.231. The van der Waals surface area contributed by atoms with E-state index in [0.717, 1.165) is 6.42 Å². The molecule has 0 amide bonds. The third kappa shape index (κ3) is 3.84.